The Morgan fingerprint density at radius 3 is 2.65 bits per heavy atom. The molecule has 2 rings (SSSR count). The number of hydrogen-bond acceptors (Lipinski definition) is 2. The lowest BCUT2D eigenvalue weighted by molar-refractivity contribution is 0.0566. The summed E-state index contributed by atoms with van der Waals surface area (Å²) in [5.74, 6) is 0. The van der Waals surface area contributed by atoms with E-state index in [0.717, 1.165) is 6.42 Å². The molecule has 2 saturated carbocycles. The average molecular weight is 260 g/mol. The molecular formula is C14H26ClNO. The molecule has 17 heavy (non-hydrogen) atoms. The van der Waals surface area contributed by atoms with E-state index in [9.17, 15) is 0 Å². The van der Waals surface area contributed by atoms with E-state index in [2.05, 4.69) is 5.32 Å². The van der Waals surface area contributed by atoms with Crippen molar-refractivity contribution in [2.24, 2.45) is 0 Å². The maximum absolute atomic E-state index is 6.48. The van der Waals surface area contributed by atoms with Gasteiger partial charge in [-0.1, -0.05) is 19.3 Å². The molecule has 0 bridgehead atoms. The van der Waals surface area contributed by atoms with Crippen molar-refractivity contribution in [2.45, 2.75) is 81.4 Å². The van der Waals surface area contributed by atoms with Crippen LogP contribution < -0.4 is 5.32 Å². The molecule has 2 aliphatic carbocycles. The van der Waals surface area contributed by atoms with Crippen molar-refractivity contribution in [1.29, 1.82) is 0 Å². The van der Waals surface area contributed by atoms with Gasteiger partial charge in [0.15, 0.2) is 0 Å². The van der Waals surface area contributed by atoms with Gasteiger partial charge in [-0.15, -0.1) is 11.6 Å². The second-order valence-corrected chi connectivity index (χ2v) is 6.21. The molecule has 2 aliphatic rings. The summed E-state index contributed by atoms with van der Waals surface area (Å²) in [6, 6.07) is 1.15. The van der Waals surface area contributed by atoms with Crippen LogP contribution in [0.4, 0.5) is 0 Å². The monoisotopic (exact) mass is 259 g/mol. The Bertz CT molecular complexity index is 224. The van der Waals surface area contributed by atoms with E-state index in [0.29, 0.717) is 23.6 Å². The Kier molecular flexibility index (Phi) is 5.58. The fourth-order valence-corrected chi connectivity index (χ4v) is 3.62. The number of rotatable bonds is 3. The van der Waals surface area contributed by atoms with Crippen molar-refractivity contribution in [1.82, 2.24) is 5.32 Å². The maximum Gasteiger partial charge on any atom is 0.0586 e. The zero-order valence-electron chi connectivity index (χ0n) is 11.0. The quantitative estimate of drug-likeness (QED) is 0.619. The second kappa shape index (κ2) is 6.96. The number of methoxy groups -OCH3 is 1. The van der Waals surface area contributed by atoms with E-state index in [1.165, 1.54) is 51.4 Å². The van der Waals surface area contributed by atoms with Crippen LogP contribution in [-0.2, 0) is 4.74 Å². The van der Waals surface area contributed by atoms with Gasteiger partial charge in [0.1, 0.15) is 0 Å². The number of alkyl halides is 1. The normalized spacial score (nSPS) is 39.9. The Morgan fingerprint density at radius 1 is 1.00 bits per heavy atom. The first-order valence-electron chi connectivity index (χ1n) is 7.22. The van der Waals surface area contributed by atoms with Crippen LogP contribution in [-0.4, -0.2) is 30.7 Å². The van der Waals surface area contributed by atoms with E-state index in [1.807, 2.05) is 7.11 Å². The summed E-state index contributed by atoms with van der Waals surface area (Å²) < 4.78 is 5.49. The molecule has 0 aromatic carbocycles. The largest absolute Gasteiger partial charge is 0.381 e. The zero-order chi connectivity index (χ0) is 12.1. The predicted octanol–water partition coefficient (Wildman–Crippen LogP) is 3.47. The average Bonchev–Trinajstić information content (AvgIpc) is 2.55. The van der Waals surface area contributed by atoms with Gasteiger partial charge in [-0.2, -0.15) is 0 Å². The van der Waals surface area contributed by atoms with Gasteiger partial charge in [-0.3, -0.25) is 0 Å². The molecule has 100 valence electrons. The van der Waals surface area contributed by atoms with Crippen LogP contribution in [0.3, 0.4) is 0 Å². The van der Waals surface area contributed by atoms with Gasteiger partial charge in [-0.05, 0) is 38.5 Å². The van der Waals surface area contributed by atoms with Crippen LogP contribution in [0.15, 0.2) is 0 Å². The number of ether oxygens (including phenoxy) is 1. The molecular weight excluding hydrogens is 234 g/mol. The number of halogens is 1. The third kappa shape index (κ3) is 4.11. The highest BCUT2D eigenvalue weighted by Crippen LogP contribution is 2.26. The van der Waals surface area contributed by atoms with Crippen molar-refractivity contribution in [3.8, 4) is 0 Å². The van der Waals surface area contributed by atoms with Crippen molar-refractivity contribution in [3.63, 3.8) is 0 Å². The lowest BCUT2D eigenvalue weighted by Gasteiger charge is -2.33. The van der Waals surface area contributed by atoms with Gasteiger partial charge < -0.3 is 10.1 Å². The summed E-state index contributed by atoms with van der Waals surface area (Å²) >= 11 is 6.48. The van der Waals surface area contributed by atoms with Gasteiger partial charge in [0, 0.05) is 24.6 Å². The summed E-state index contributed by atoms with van der Waals surface area (Å²) in [4.78, 5) is 0. The molecule has 2 nitrogen and oxygen atoms in total. The molecule has 4 atom stereocenters. The minimum Gasteiger partial charge on any atom is -0.381 e. The summed E-state index contributed by atoms with van der Waals surface area (Å²) in [6.07, 6.45) is 11.9. The summed E-state index contributed by atoms with van der Waals surface area (Å²) in [5, 5.41) is 4.13. The third-order valence-corrected chi connectivity index (χ3v) is 4.86. The van der Waals surface area contributed by atoms with Crippen LogP contribution >= 0.6 is 11.6 Å². The van der Waals surface area contributed by atoms with Crippen LogP contribution in [0.2, 0.25) is 0 Å². The van der Waals surface area contributed by atoms with Crippen LogP contribution in [0.25, 0.3) is 0 Å². The fourth-order valence-electron chi connectivity index (χ4n) is 3.26. The summed E-state index contributed by atoms with van der Waals surface area (Å²) in [5.41, 5.74) is 0. The minimum atomic E-state index is 0.334. The van der Waals surface area contributed by atoms with E-state index in [1.54, 1.807) is 0 Å². The molecule has 3 heteroatoms. The smallest absolute Gasteiger partial charge is 0.0586 e. The molecule has 2 fully saturated rings. The molecule has 0 aromatic heterocycles. The Morgan fingerprint density at radius 2 is 1.82 bits per heavy atom. The molecule has 0 aliphatic heterocycles. The van der Waals surface area contributed by atoms with Crippen LogP contribution in [0.5, 0.6) is 0 Å². The van der Waals surface area contributed by atoms with Crippen molar-refractivity contribution in [2.75, 3.05) is 7.11 Å². The first-order valence-corrected chi connectivity index (χ1v) is 7.66. The molecule has 0 heterocycles. The highest BCUT2D eigenvalue weighted by Gasteiger charge is 2.27. The molecule has 1 N–H and O–H groups in total. The van der Waals surface area contributed by atoms with Crippen LogP contribution in [0.1, 0.15) is 57.8 Å². The lowest BCUT2D eigenvalue weighted by atomic mass is 9.91. The van der Waals surface area contributed by atoms with E-state index in [4.69, 9.17) is 16.3 Å². The summed E-state index contributed by atoms with van der Waals surface area (Å²) in [6.45, 7) is 0. The SMILES string of the molecule is COC1CCCC(NC2CCCCCC2Cl)C1. The maximum atomic E-state index is 6.48. The van der Waals surface area contributed by atoms with Gasteiger partial charge in [0.05, 0.1) is 6.10 Å². The van der Waals surface area contributed by atoms with Crippen LogP contribution in [0, 0.1) is 0 Å². The molecule has 4 unspecified atom stereocenters. The van der Waals surface area contributed by atoms with E-state index >= 15 is 0 Å². The first-order chi connectivity index (χ1) is 8.29. The van der Waals surface area contributed by atoms with Gasteiger partial charge >= 0.3 is 0 Å². The van der Waals surface area contributed by atoms with Crippen molar-refractivity contribution >= 4 is 11.6 Å². The molecule has 0 saturated heterocycles. The highest BCUT2D eigenvalue weighted by molar-refractivity contribution is 6.21. The Hall–Kier alpha value is 0.210. The molecule has 0 radical (unpaired) electrons. The third-order valence-electron chi connectivity index (χ3n) is 4.34. The van der Waals surface area contributed by atoms with E-state index < -0.39 is 0 Å². The van der Waals surface area contributed by atoms with Gasteiger partial charge in [0.2, 0.25) is 0 Å². The van der Waals surface area contributed by atoms with Crippen molar-refractivity contribution in [3.05, 3.63) is 0 Å². The zero-order valence-corrected chi connectivity index (χ0v) is 11.7. The van der Waals surface area contributed by atoms with Crippen molar-refractivity contribution < 1.29 is 4.74 Å². The first kappa shape index (κ1) is 13.6. The minimum absolute atomic E-state index is 0.334. The summed E-state index contributed by atoms with van der Waals surface area (Å²) in [7, 11) is 1.84. The molecule has 0 amide bonds. The standard InChI is InChI=1S/C14H26ClNO/c1-17-12-7-5-6-11(10-12)16-14-9-4-2-3-8-13(14)15/h11-14,16H,2-10H2,1H3. The van der Waals surface area contributed by atoms with E-state index in [-0.39, 0.29) is 0 Å². The molecule has 0 aromatic rings. The fraction of sp³-hybridized carbons (Fsp3) is 1.00. The number of nitrogens with one attached hydrogen (secondary N) is 1. The predicted molar refractivity (Wildman–Crippen MR) is 72.7 cm³/mol. The Balaban J connectivity index is 1.81. The lowest BCUT2D eigenvalue weighted by Crippen LogP contribution is -2.46. The second-order valence-electron chi connectivity index (χ2n) is 5.65. The van der Waals surface area contributed by atoms with Gasteiger partial charge in [-0.25, -0.2) is 0 Å². The number of hydrogen-bond donors (Lipinski definition) is 1. The van der Waals surface area contributed by atoms with Gasteiger partial charge in [0.25, 0.3) is 0 Å². The highest BCUT2D eigenvalue weighted by atomic mass is 35.5. The topological polar surface area (TPSA) is 21.3 Å². The Labute approximate surface area is 110 Å². The molecule has 0 spiro atoms.